The molecule has 0 aliphatic carbocycles. The first-order valence-electron chi connectivity index (χ1n) is 6.60. The number of piperazine rings is 1. The zero-order chi connectivity index (χ0) is 15.4. The highest BCUT2D eigenvalue weighted by molar-refractivity contribution is 6.05. The SMILES string of the molecule is CCC1C(=O)NC(=O)CN1C(=O)Nc1ccc(OC)cc1. The monoisotopic (exact) mass is 291 g/mol. The highest BCUT2D eigenvalue weighted by Gasteiger charge is 2.35. The summed E-state index contributed by atoms with van der Waals surface area (Å²) in [6.07, 6.45) is 0.440. The van der Waals surface area contributed by atoms with E-state index in [0.717, 1.165) is 0 Å². The lowest BCUT2D eigenvalue weighted by atomic mass is 10.1. The van der Waals surface area contributed by atoms with Gasteiger partial charge >= 0.3 is 6.03 Å². The fraction of sp³-hybridized carbons (Fsp3) is 0.357. The number of rotatable bonds is 3. The minimum atomic E-state index is -0.638. The van der Waals surface area contributed by atoms with E-state index in [-0.39, 0.29) is 6.54 Å². The maximum Gasteiger partial charge on any atom is 0.323 e. The van der Waals surface area contributed by atoms with Crippen LogP contribution in [-0.2, 0) is 9.59 Å². The normalized spacial score (nSPS) is 18.2. The van der Waals surface area contributed by atoms with Gasteiger partial charge in [0.1, 0.15) is 18.3 Å². The van der Waals surface area contributed by atoms with Gasteiger partial charge in [0, 0.05) is 5.69 Å². The van der Waals surface area contributed by atoms with Crippen molar-refractivity contribution >= 4 is 23.5 Å². The molecule has 4 amide bonds. The lowest BCUT2D eigenvalue weighted by Gasteiger charge is -2.33. The Balaban J connectivity index is 2.09. The Labute approximate surface area is 122 Å². The number of methoxy groups -OCH3 is 1. The fourth-order valence-electron chi connectivity index (χ4n) is 2.16. The number of benzene rings is 1. The number of hydrogen-bond donors (Lipinski definition) is 2. The molecule has 1 atom stereocenters. The molecule has 2 rings (SSSR count). The molecule has 1 saturated heterocycles. The fourth-order valence-corrected chi connectivity index (χ4v) is 2.16. The highest BCUT2D eigenvalue weighted by Crippen LogP contribution is 2.17. The summed E-state index contributed by atoms with van der Waals surface area (Å²) >= 11 is 0. The van der Waals surface area contributed by atoms with Crippen molar-refractivity contribution in [2.24, 2.45) is 0 Å². The van der Waals surface area contributed by atoms with Crippen LogP contribution in [0.3, 0.4) is 0 Å². The van der Waals surface area contributed by atoms with E-state index in [1.165, 1.54) is 4.90 Å². The molecule has 1 aromatic rings. The van der Waals surface area contributed by atoms with E-state index >= 15 is 0 Å². The van der Waals surface area contributed by atoms with Crippen molar-refractivity contribution in [2.45, 2.75) is 19.4 Å². The number of nitrogens with zero attached hydrogens (tertiary/aromatic N) is 1. The van der Waals surface area contributed by atoms with Crippen LogP contribution in [0.15, 0.2) is 24.3 Å². The third-order valence-electron chi connectivity index (χ3n) is 3.24. The molecule has 1 fully saturated rings. The molecule has 1 unspecified atom stereocenters. The smallest absolute Gasteiger partial charge is 0.323 e. The summed E-state index contributed by atoms with van der Waals surface area (Å²) in [7, 11) is 1.55. The van der Waals surface area contributed by atoms with Crippen LogP contribution in [0.25, 0.3) is 0 Å². The van der Waals surface area contributed by atoms with E-state index in [2.05, 4.69) is 10.6 Å². The van der Waals surface area contributed by atoms with Gasteiger partial charge in [0.05, 0.1) is 7.11 Å². The standard InChI is InChI=1S/C14H17N3O4/c1-3-11-13(19)16-12(18)8-17(11)14(20)15-9-4-6-10(21-2)7-5-9/h4-7,11H,3,8H2,1-2H3,(H,15,20)(H,16,18,19). The molecule has 21 heavy (non-hydrogen) atoms. The van der Waals surface area contributed by atoms with Crippen LogP contribution >= 0.6 is 0 Å². The lowest BCUT2D eigenvalue weighted by molar-refractivity contribution is -0.138. The Bertz CT molecular complexity index is 556. The molecular formula is C14H17N3O4. The van der Waals surface area contributed by atoms with E-state index < -0.39 is 23.9 Å². The molecule has 1 aliphatic rings. The van der Waals surface area contributed by atoms with Gasteiger partial charge in [-0.25, -0.2) is 4.79 Å². The summed E-state index contributed by atoms with van der Waals surface area (Å²) in [5.41, 5.74) is 0.564. The number of hydrogen-bond acceptors (Lipinski definition) is 4. The maximum absolute atomic E-state index is 12.2. The number of carbonyl (C=O) groups excluding carboxylic acids is 3. The van der Waals surface area contributed by atoms with Gasteiger partial charge in [0.15, 0.2) is 0 Å². The van der Waals surface area contributed by atoms with Gasteiger partial charge in [-0.15, -0.1) is 0 Å². The van der Waals surface area contributed by atoms with Crippen molar-refractivity contribution < 1.29 is 19.1 Å². The second-order valence-electron chi connectivity index (χ2n) is 4.62. The molecule has 7 heteroatoms. The average molecular weight is 291 g/mol. The van der Waals surface area contributed by atoms with Crippen LogP contribution in [-0.4, -0.2) is 42.4 Å². The van der Waals surface area contributed by atoms with E-state index in [0.29, 0.717) is 17.9 Å². The number of urea groups is 1. The molecule has 0 saturated carbocycles. The third kappa shape index (κ3) is 3.31. The first-order chi connectivity index (χ1) is 10.0. The quantitative estimate of drug-likeness (QED) is 0.812. The Kier molecular flexibility index (Phi) is 4.42. The molecule has 0 bridgehead atoms. The molecule has 112 valence electrons. The lowest BCUT2D eigenvalue weighted by Crippen LogP contribution is -2.60. The minimum absolute atomic E-state index is 0.133. The average Bonchev–Trinajstić information content (AvgIpc) is 2.47. The van der Waals surface area contributed by atoms with Gasteiger partial charge in [-0.2, -0.15) is 0 Å². The molecule has 1 aromatic carbocycles. The number of imide groups is 1. The van der Waals surface area contributed by atoms with Crippen LogP contribution in [0.4, 0.5) is 10.5 Å². The summed E-state index contributed by atoms with van der Waals surface area (Å²) in [6, 6.07) is 5.67. The predicted octanol–water partition coefficient (Wildman–Crippen LogP) is 0.964. The van der Waals surface area contributed by atoms with Crippen molar-refractivity contribution in [1.29, 1.82) is 0 Å². The Morgan fingerprint density at radius 3 is 2.62 bits per heavy atom. The van der Waals surface area contributed by atoms with Gasteiger partial charge in [-0.1, -0.05) is 6.92 Å². The largest absolute Gasteiger partial charge is 0.497 e. The number of amides is 4. The second-order valence-corrected chi connectivity index (χ2v) is 4.62. The Morgan fingerprint density at radius 1 is 1.38 bits per heavy atom. The van der Waals surface area contributed by atoms with E-state index in [4.69, 9.17) is 4.74 Å². The van der Waals surface area contributed by atoms with Gasteiger partial charge in [-0.3, -0.25) is 14.9 Å². The van der Waals surface area contributed by atoms with Crippen molar-refractivity contribution in [2.75, 3.05) is 19.0 Å². The van der Waals surface area contributed by atoms with Crippen molar-refractivity contribution in [3.8, 4) is 5.75 Å². The zero-order valence-electron chi connectivity index (χ0n) is 11.9. The van der Waals surface area contributed by atoms with Gasteiger partial charge in [0.2, 0.25) is 11.8 Å². The number of anilines is 1. The van der Waals surface area contributed by atoms with Crippen LogP contribution in [0.1, 0.15) is 13.3 Å². The van der Waals surface area contributed by atoms with Gasteiger partial charge in [-0.05, 0) is 30.7 Å². The summed E-state index contributed by atoms with van der Waals surface area (Å²) in [4.78, 5) is 36.6. The highest BCUT2D eigenvalue weighted by atomic mass is 16.5. The van der Waals surface area contributed by atoms with Crippen LogP contribution < -0.4 is 15.4 Å². The number of nitrogens with one attached hydrogen (secondary N) is 2. The molecule has 2 N–H and O–H groups in total. The number of carbonyl (C=O) groups is 3. The minimum Gasteiger partial charge on any atom is -0.497 e. The van der Waals surface area contributed by atoms with Crippen LogP contribution in [0.5, 0.6) is 5.75 Å². The third-order valence-corrected chi connectivity index (χ3v) is 3.24. The van der Waals surface area contributed by atoms with Crippen molar-refractivity contribution in [3.63, 3.8) is 0 Å². The zero-order valence-corrected chi connectivity index (χ0v) is 11.9. The molecule has 1 aliphatic heterocycles. The summed E-state index contributed by atoms with van der Waals surface area (Å²) in [5, 5.41) is 4.90. The Morgan fingerprint density at radius 2 is 2.05 bits per heavy atom. The van der Waals surface area contributed by atoms with Gasteiger partial charge in [0.25, 0.3) is 0 Å². The van der Waals surface area contributed by atoms with Crippen molar-refractivity contribution in [1.82, 2.24) is 10.2 Å². The van der Waals surface area contributed by atoms with E-state index in [1.807, 2.05) is 0 Å². The topological polar surface area (TPSA) is 87.7 Å². The summed E-state index contributed by atoms with van der Waals surface area (Å²) < 4.78 is 5.03. The van der Waals surface area contributed by atoms with E-state index in [9.17, 15) is 14.4 Å². The van der Waals surface area contributed by atoms with Crippen LogP contribution in [0.2, 0.25) is 0 Å². The van der Waals surface area contributed by atoms with E-state index in [1.54, 1.807) is 38.3 Å². The first kappa shape index (κ1) is 14.8. The molecule has 7 nitrogen and oxygen atoms in total. The molecule has 1 heterocycles. The molecular weight excluding hydrogens is 274 g/mol. The molecule has 0 spiro atoms. The predicted molar refractivity (Wildman–Crippen MR) is 75.9 cm³/mol. The summed E-state index contributed by atoms with van der Waals surface area (Å²) in [6.45, 7) is 1.65. The summed E-state index contributed by atoms with van der Waals surface area (Å²) in [5.74, 6) is -0.250. The van der Waals surface area contributed by atoms with Crippen molar-refractivity contribution in [3.05, 3.63) is 24.3 Å². The second kappa shape index (κ2) is 6.25. The van der Waals surface area contributed by atoms with Gasteiger partial charge < -0.3 is 15.0 Å². The maximum atomic E-state index is 12.2. The van der Waals surface area contributed by atoms with Crippen LogP contribution in [0, 0.1) is 0 Å². The Hall–Kier alpha value is -2.57. The number of ether oxygens (including phenoxy) is 1. The molecule has 0 aromatic heterocycles. The first-order valence-corrected chi connectivity index (χ1v) is 6.60. The molecule has 0 radical (unpaired) electrons.